The van der Waals surface area contributed by atoms with E-state index in [1.807, 2.05) is 19.1 Å². The van der Waals surface area contributed by atoms with Crippen molar-refractivity contribution in [1.29, 1.82) is 0 Å². The predicted octanol–water partition coefficient (Wildman–Crippen LogP) is 7.82. The standard InChI is InChI=1S/C17H21F2NO2.C11H18ClN/c1-2-17(22)7-6-15(12-8-13(18)10-14(19)9-12)20(17)16(21)11-4-3-5-11;1-4-6-8-13-11(12)9-10(3)7-5-2/h8-11,15,22H,2-7H2,1H3;6,8-9H,4-5,7H2,1-3H3/b;8-6-,10-9+,13-11-. The minimum atomic E-state index is -1.21. The molecule has 2 fully saturated rings. The topological polar surface area (TPSA) is 52.9 Å². The molecule has 2 atom stereocenters. The van der Waals surface area contributed by atoms with E-state index in [0.717, 1.165) is 44.6 Å². The van der Waals surface area contributed by atoms with E-state index in [1.165, 1.54) is 22.6 Å². The van der Waals surface area contributed by atoms with Crippen molar-refractivity contribution < 1.29 is 18.7 Å². The summed E-state index contributed by atoms with van der Waals surface area (Å²) in [6.07, 6.45) is 12.9. The zero-order chi connectivity index (χ0) is 26.0. The maximum absolute atomic E-state index is 13.5. The highest BCUT2D eigenvalue weighted by atomic mass is 35.5. The minimum Gasteiger partial charge on any atom is -0.371 e. The molecule has 2 aliphatic rings. The van der Waals surface area contributed by atoms with Gasteiger partial charge >= 0.3 is 0 Å². The average molecular weight is 509 g/mol. The van der Waals surface area contributed by atoms with Crippen molar-refractivity contribution in [3.05, 3.63) is 59.3 Å². The number of aliphatic hydroxyl groups is 1. The van der Waals surface area contributed by atoms with Gasteiger partial charge in [-0.05, 0) is 75.6 Å². The van der Waals surface area contributed by atoms with Crippen LogP contribution >= 0.6 is 11.6 Å². The lowest BCUT2D eigenvalue weighted by Crippen LogP contribution is -2.51. The van der Waals surface area contributed by atoms with E-state index in [0.29, 0.717) is 30.0 Å². The van der Waals surface area contributed by atoms with Crippen molar-refractivity contribution in [1.82, 2.24) is 4.90 Å². The first kappa shape index (κ1) is 29.2. The second-order valence-electron chi connectivity index (χ2n) is 9.41. The summed E-state index contributed by atoms with van der Waals surface area (Å²) in [5.41, 5.74) is 0.496. The molecule has 1 aliphatic heterocycles. The van der Waals surface area contributed by atoms with Crippen LogP contribution in [0.3, 0.4) is 0 Å². The molecule has 1 saturated heterocycles. The molecule has 0 aromatic heterocycles. The van der Waals surface area contributed by atoms with Crippen LogP contribution in [0.1, 0.15) is 97.1 Å². The molecule has 194 valence electrons. The molecule has 2 unspecified atom stereocenters. The zero-order valence-corrected chi connectivity index (χ0v) is 22.1. The van der Waals surface area contributed by atoms with Crippen molar-refractivity contribution in [2.75, 3.05) is 0 Å². The monoisotopic (exact) mass is 508 g/mol. The van der Waals surface area contributed by atoms with Gasteiger partial charge in [0.1, 0.15) is 22.5 Å². The average Bonchev–Trinajstić information content (AvgIpc) is 3.10. The van der Waals surface area contributed by atoms with Crippen LogP contribution in [0.15, 0.2) is 47.1 Å². The summed E-state index contributed by atoms with van der Waals surface area (Å²) < 4.78 is 27.0. The maximum Gasteiger partial charge on any atom is 0.228 e. The van der Waals surface area contributed by atoms with E-state index < -0.39 is 23.4 Å². The molecule has 1 aromatic carbocycles. The molecule has 1 aromatic rings. The fourth-order valence-electron chi connectivity index (χ4n) is 4.48. The first-order valence-corrected chi connectivity index (χ1v) is 13.1. The van der Waals surface area contributed by atoms with Crippen molar-refractivity contribution in [2.24, 2.45) is 10.9 Å². The number of benzene rings is 1. The summed E-state index contributed by atoms with van der Waals surface area (Å²) in [4.78, 5) is 18.3. The molecule has 1 N–H and O–H groups in total. The van der Waals surface area contributed by atoms with Crippen LogP contribution in [0.2, 0.25) is 0 Å². The van der Waals surface area contributed by atoms with Gasteiger partial charge in [-0.1, -0.05) is 56.9 Å². The van der Waals surface area contributed by atoms with Crippen LogP contribution in [-0.4, -0.2) is 26.8 Å². The number of nitrogens with zero attached hydrogens (tertiary/aromatic N) is 2. The molecular formula is C28H39ClF2N2O2. The Labute approximate surface area is 213 Å². The Balaban J connectivity index is 0.000000287. The van der Waals surface area contributed by atoms with E-state index in [4.69, 9.17) is 11.6 Å². The number of hydrogen-bond acceptors (Lipinski definition) is 3. The van der Waals surface area contributed by atoms with Crippen LogP contribution in [0.25, 0.3) is 0 Å². The molecule has 1 amide bonds. The highest BCUT2D eigenvalue weighted by Gasteiger charge is 2.49. The van der Waals surface area contributed by atoms with Crippen molar-refractivity contribution >= 4 is 22.7 Å². The maximum atomic E-state index is 13.5. The van der Waals surface area contributed by atoms with Gasteiger partial charge in [-0.25, -0.2) is 13.8 Å². The molecule has 35 heavy (non-hydrogen) atoms. The summed E-state index contributed by atoms with van der Waals surface area (Å²) in [6.45, 7) is 8.12. The summed E-state index contributed by atoms with van der Waals surface area (Å²) in [7, 11) is 0. The normalized spacial score (nSPS) is 23.3. The molecule has 7 heteroatoms. The predicted molar refractivity (Wildman–Crippen MR) is 139 cm³/mol. The van der Waals surface area contributed by atoms with E-state index in [-0.39, 0.29) is 11.8 Å². The Bertz CT molecular complexity index is 923. The molecule has 0 radical (unpaired) electrons. The molecule has 4 nitrogen and oxygen atoms in total. The van der Waals surface area contributed by atoms with Gasteiger partial charge < -0.3 is 10.0 Å². The summed E-state index contributed by atoms with van der Waals surface area (Å²) in [5.74, 6) is -1.45. The van der Waals surface area contributed by atoms with Gasteiger partial charge in [-0.15, -0.1) is 0 Å². The Morgan fingerprint density at radius 1 is 1.20 bits per heavy atom. The Kier molecular flexibility index (Phi) is 11.6. The lowest BCUT2D eigenvalue weighted by atomic mass is 9.83. The molecule has 3 rings (SSSR count). The van der Waals surface area contributed by atoms with Crippen LogP contribution in [0.5, 0.6) is 0 Å². The van der Waals surface area contributed by atoms with Crippen molar-refractivity contribution in [3.63, 3.8) is 0 Å². The largest absolute Gasteiger partial charge is 0.371 e. The third-order valence-electron chi connectivity index (χ3n) is 6.65. The van der Waals surface area contributed by atoms with Crippen LogP contribution < -0.4 is 0 Å². The Morgan fingerprint density at radius 2 is 1.86 bits per heavy atom. The van der Waals surface area contributed by atoms with Gasteiger partial charge in [0.05, 0.1) is 6.04 Å². The third-order valence-corrected chi connectivity index (χ3v) is 6.86. The number of aliphatic imine (C=N–C) groups is 1. The SMILES string of the molecule is CCC1(O)CCC(c2cc(F)cc(F)c2)N1C(=O)C1CCC1.CC\C=C/N=C(Cl)/C=C(\C)CCC. The lowest BCUT2D eigenvalue weighted by molar-refractivity contribution is -0.164. The summed E-state index contributed by atoms with van der Waals surface area (Å²) in [6, 6.07) is 2.89. The van der Waals surface area contributed by atoms with E-state index in [1.54, 1.807) is 6.20 Å². The number of carbonyl (C=O) groups excluding carboxylic acids is 1. The number of hydrogen-bond donors (Lipinski definition) is 1. The molecule has 0 bridgehead atoms. The molecule has 1 heterocycles. The quantitative estimate of drug-likeness (QED) is 0.364. The highest BCUT2D eigenvalue weighted by Crippen LogP contribution is 2.45. The Morgan fingerprint density at radius 3 is 2.37 bits per heavy atom. The highest BCUT2D eigenvalue weighted by molar-refractivity contribution is 6.68. The first-order valence-electron chi connectivity index (χ1n) is 12.7. The van der Waals surface area contributed by atoms with Gasteiger partial charge in [0.25, 0.3) is 0 Å². The van der Waals surface area contributed by atoms with Crippen LogP contribution in [0.4, 0.5) is 8.78 Å². The number of halogens is 3. The third kappa shape index (κ3) is 8.25. The van der Waals surface area contributed by atoms with Gasteiger partial charge in [0.15, 0.2) is 0 Å². The van der Waals surface area contributed by atoms with Crippen LogP contribution in [0, 0.1) is 17.6 Å². The van der Waals surface area contributed by atoms with E-state index >= 15 is 0 Å². The summed E-state index contributed by atoms with van der Waals surface area (Å²) >= 11 is 5.87. The fourth-order valence-corrected chi connectivity index (χ4v) is 4.73. The van der Waals surface area contributed by atoms with Gasteiger partial charge in [-0.2, -0.15) is 0 Å². The van der Waals surface area contributed by atoms with E-state index in [2.05, 4.69) is 25.8 Å². The van der Waals surface area contributed by atoms with Crippen LogP contribution in [-0.2, 0) is 4.79 Å². The number of likely N-dealkylation sites (tertiary alicyclic amines) is 1. The van der Waals surface area contributed by atoms with Gasteiger partial charge in [-0.3, -0.25) is 4.79 Å². The van der Waals surface area contributed by atoms with Gasteiger partial charge in [0, 0.05) is 18.2 Å². The van der Waals surface area contributed by atoms with Crippen molar-refractivity contribution in [2.45, 2.75) is 97.2 Å². The molecular weight excluding hydrogens is 470 g/mol. The van der Waals surface area contributed by atoms with E-state index in [9.17, 15) is 18.7 Å². The van der Waals surface area contributed by atoms with Crippen molar-refractivity contribution in [3.8, 4) is 0 Å². The molecule has 0 spiro atoms. The smallest absolute Gasteiger partial charge is 0.228 e. The number of allylic oxidation sites excluding steroid dienone is 3. The number of amides is 1. The molecule has 1 aliphatic carbocycles. The Hall–Kier alpha value is -2.05. The number of carbonyl (C=O) groups is 1. The first-order chi connectivity index (χ1) is 16.6. The fraction of sp³-hybridized carbons (Fsp3) is 0.571. The number of rotatable bonds is 8. The lowest BCUT2D eigenvalue weighted by Gasteiger charge is -2.40. The zero-order valence-electron chi connectivity index (χ0n) is 21.4. The molecule has 1 saturated carbocycles. The summed E-state index contributed by atoms with van der Waals surface area (Å²) in [5, 5.41) is 11.4. The second-order valence-corrected chi connectivity index (χ2v) is 9.80. The minimum absolute atomic E-state index is 0.0583. The second kappa shape index (κ2) is 13.9. The van der Waals surface area contributed by atoms with Gasteiger partial charge in [0.2, 0.25) is 5.91 Å².